The molecule has 0 aromatic carbocycles. The minimum atomic E-state index is -7.49. The van der Waals surface area contributed by atoms with Crippen LogP contribution in [0.4, 0.5) is 61.5 Å². The van der Waals surface area contributed by atoms with E-state index in [-0.39, 0.29) is 0 Å². The van der Waals surface area contributed by atoms with Crippen LogP contribution in [-0.2, 0) is 14.3 Å². The summed E-state index contributed by atoms with van der Waals surface area (Å²) in [6.45, 7) is 0. The zero-order valence-corrected chi connectivity index (χ0v) is 11.2. The summed E-state index contributed by atoms with van der Waals surface area (Å²) >= 11 is 0. The average Bonchev–Trinajstić information content (AvgIpc) is 2.33. The Morgan fingerprint density at radius 1 is 0.615 bits per heavy atom. The van der Waals surface area contributed by atoms with E-state index >= 15 is 0 Å². The molecule has 0 aromatic rings. The van der Waals surface area contributed by atoms with Gasteiger partial charge in [0.15, 0.2) is 0 Å². The molecule has 0 N–H and O–H groups in total. The highest BCUT2D eigenvalue weighted by Gasteiger charge is 2.79. The van der Waals surface area contributed by atoms with Gasteiger partial charge in [-0.15, -0.1) is 0 Å². The number of hydrogen-bond acceptors (Lipinski definition) is 3. The van der Waals surface area contributed by atoms with Crippen LogP contribution in [0, 0.1) is 0 Å². The lowest BCUT2D eigenvalue weighted by Gasteiger charge is -2.34. The number of hydrogen-bond donors (Lipinski definition) is 0. The molecule has 0 spiro atoms. The molecule has 3 nitrogen and oxygen atoms in total. The molecule has 0 radical (unpaired) electrons. The summed E-state index contributed by atoms with van der Waals surface area (Å²) in [6, 6.07) is 0. The second kappa shape index (κ2) is 6.49. The number of Topliss-reactive ketones (excluding diaryl/α,β-unsaturated/α-hetero) is 2. The van der Waals surface area contributed by atoms with Crippen LogP contribution in [0.3, 0.4) is 0 Å². The molecular formula is C9H2F14O3. The number of carbonyl (C=O) groups excluding carboxylic acids is 2. The Morgan fingerprint density at radius 3 is 1.27 bits per heavy atom. The highest BCUT2D eigenvalue weighted by molar-refractivity contribution is 6.04. The molecule has 0 aromatic heterocycles. The standard InChI is InChI=1S/C9H2F14O3/c10-4(7(16,17)18,2(24)1-3(25)5(11,12)13)26-9(22,23)6(14,15)8(19,20)21/h1H2. The predicted octanol–water partition coefficient (Wildman–Crippen LogP) is 4.11. The Labute approximate surface area is 131 Å². The van der Waals surface area contributed by atoms with E-state index in [4.69, 9.17) is 0 Å². The first-order chi connectivity index (χ1) is 11.0. The van der Waals surface area contributed by atoms with Crippen LogP contribution in [0.1, 0.15) is 6.42 Å². The fourth-order valence-electron chi connectivity index (χ4n) is 1.04. The van der Waals surface area contributed by atoms with Gasteiger partial charge in [0, 0.05) is 0 Å². The van der Waals surface area contributed by atoms with Crippen molar-refractivity contribution in [3.63, 3.8) is 0 Å². The minimum absolute atomic E-state index is 1.69. The zero-order valence-electron chi connectivity index (χ0n) is 11.2. The molecular weight excluding hydrogens is 422 g/mol. The maximum absolute atomic E-state index is 13.5. The molecule has 0 aliphatic rings. The molecule has 0 aliphatic heterocycles. The van der Waals surface area contributed by atoms with Crippen molar-refractivity contribution in [3.8, 4) is 0 Å². The lowest BCUT2D eigenvalue weighted by atomic mass is 10.1. The maximum Gasteiger partial charge on any atom is 0.462 e. The Morgan fingerprint density at radius 2 is 1.00 bits per heavy atom. The Balaban J connectivity index is 6.00. The molecule has 0 saturated heterocycles. The van der Waals surface area contributed by atoms with Crippen molar-refractivity contribution in [1.29, 1.82) is 0 Å². The van der Waals surface area contributed by atoms with Gasteiger partial charge in [-0.1, -0.05) is 0 Å². The summed E-state index contributed by atoms with van der Waals surface area (Å²) in [5, 5.41) is 0. The normalized spacial score (nSPS) is 17.0. The van der Waals surface area contributed by atoms with Crippen molar-refractivity contribution in [1.82, 2.24) is 0 Å². The number of rotatable bonds is 6. The lowest BCUT2D eigenvalue weighted by molar-refractivity contribution is -0.472. The summed E-state index contributed by atoms with van der Waals surface area (Å²) < 4.78 is 173. The molecule has 26 heavy (non-hydrogen) atoms. The zero-order chi connectivity index (χ0) is 21.6. The SMILES string of the molecule is O=C(CC(=O)C(F)(OC(F)(F)C(F)(F)C(F)(F)F)C(F)(F)F)C(F)(F)F. The van der Waals surface area contributed by atoms with Gasteiger partial charge in [0.1, 0.15) is 0 Å². The summed E-state index contributed by atoms with van der Waals surface area (Å²) in [7, 11) is 0. The van der Waals surface area contributed by atoms with Gasteiger partial charge in [-0.05, 0) is 0 Å². The number of alkyl halides is 14. The topological polar surface area (TPSA) is 43.4 Å². The summed E-state index contributed by atoms with van der Waals surface area (Å²) in [5.74, 6) is -21.5. The minimum Gasteiger partial charge on any atom is -0.292 e. The van der Waals surface area contributed by atoms with Crippen molar-refractivity contribution in [2.24, 2.45) is 0 Å². The predicted molar refractivity (Wildman–Crippen MR) is 47.6 cm³/mol. The van der Waals surface area contributed by atoms with Crippen molar-refractivity contribution in [3.05, 3.63) is 0 Å². The van der Waals surface area contributed by atoms with Gasteiger partial charge < -0.3 is 0 Å². The van der Waals surface area contributed by atoms with E-state index in [1.54, 1.807) is 4.74 Å². The van der Waals surface area contributed by atoms with Crippen molar-refractivity contribution in [2.45, 2.75) is 42.8 Å². The second-order valence-corrected chi connectivity index (χ2v) is 4.30. The van der Waals surface area contributed by atoms with Gasteiger partial charge in [0.05, 0.1) is 6.42 Å². The average molecular weight is 424 g/mol. The number of ether oxygens (including phenoxy) is 1. The number of carbonyl (C=O) groups is 2. The van der Waals surface area contributed by atoms with Gasteiger partial charge in [0.2, 0.25) is 11.6 Å². The van der Waals surface area contributed by atoms with Gasteiger partial charge >= 0.3 is 36.4 Å². The Kier molecular flexibility index (Phi) is 6.07. The maximum atomic E-state index is 13.5. The highest BCUT2D eigenvalue weighted by atomic mass is 19.4. The molecule has 0 amide bonds. The van der Waals surface area contributed by atoms with E-state index in [1.807, 2.05) is 0 Å². The van der Waals surface area contributed by atoms with E-state index < -0.39 is 54.4 Å². The molecule has 154 valence electrons. The fourth-order valence-corrected chi connectivity index (χ4v) is 1.04. The fraction of sp³-hybridized carbons (Fsp3) is 0.778. The molecule has 0 rings (SSSR count). The van der Waals surface area contributed by atoms with Gasteiger partial charge in [0.25, 0.3) is 0 Å². The van der Waals surface area contributed by atoms with Gasteiger partial charge in [-0.2, -0.15) is 61.5 Å². The monoisotopic (exact) mass is 424 g/mol. The third-order valence-corrected chi connectivity index (χ3v) is 2.35. The molecule has 17 heteroatoms. The van der Waals surface area contributed by atoms with Crippen LogP contribution in [0.15, 0.2) is 0 Å². The van der Waals surface area contributed by atoms with Crippen LogP contribution in [0.2, 0.25) is 0 Å². The lowest BCUT2D eigenvalue weighted by Crippen LogP contribution is -2.61. The number of ketones is 2. The van der Waals surface area contributed by atoms with E-state index in [0.29, 0.717) is 0 Å². The molecule has 0 saturated carbocycles. The smallest absolute Gasteiger partial charge is 0.292 e. The van der Waals surface area contributed by atoms with E-state index in [0.717, 1.165) is 0 Å². The molecule has 1 atom stereocenters. The van der Waals surface area contributed by atoms with Gasteiger partial charge in [-0.25, -0.2) is 0 Å². The van der Waals surface area contributed by atoms with Crippen LogP contribution in [0.25, 0.3) is 0 Å². The van der Waals surface area contributed by atoms with Crippen molar-refractivity contribution >= 4 is 11.6 Å². The highest BCUT2D eigenvalue weighted by Crippen LogP contribution is 2.51. The third-order valence-electron chi connectivity index (χ3n) is 2.35. The summed E-state index contributed by atoms with van der Waals surface area (Å²) in [4.78, 5) is 21.1. The van der Waals surface area contributed by atoms with Crippen molar-refractivity contribution < 1.29 is 75.8 Å². The van der Waals surface area contributed by atoms with E-state index in [9.17, 15) is 71.1 Å². The number of halogens is 14. The van der Waals surface area contributed by atoms with Crippen molar-refractivity contribution in [2.75, 3.05) is 0 Å². The molecule has 0 fully saturated rings. The van der Waals surface area contributed by atoms with E-state index in [1.165, 1.54) is 0 Å². The van der Waals surface area contributed by atoms with Crippen LogP contribution in [-0.4, -0.2) is 48.0 Å². The largest absolute Gasteiger partial charge is 0.462 e. The Bertz CT molecular complexity index is 555. The third kappa shape index (κ3) is 4.53. The van der Waals surface area contributed by atoms with Gasteiger partial charge in [-0.3, -0.25) is 14.3 Å². The first-order valence-corrected chi connectivity index (χ1v) is 5.42. The molecule has 0 bridgehead atoms. The quantitative estimate of drug-likeness (QED) is 0.476. The second-order valence-electron chi connectivity index (χ2n) is 4.30. The summed E-state index contributed by atoms with van der Waals surface area (Å²) in [5.41, 5.74) is 0. The van der Waals surface area contributed by atoms with Crippen LogP contribution in [0.5, 0.6) is 0 Å². The van der Waals surface area contributed by atoms with E-state index in [2.05, 4.69) is 0 Å². The first-order valence-electron chi connectivity index (χ1n) is 5.42. The Hall–Kier alpha value is -1.68. The molecule has 1 unspecified atom stereocenters. The van der Waals surface area contributed by atoms with Crippen LogP contribution < -0.4 is 0 Å². The summed E-state index contributed by atoms with van der Waals surface area (Å²) in [6.07, 6.45) is -31.1. The first kappa shape index (κ1) is 24.3. The van der Waals surface area contributed by atoms with Crippen LogP contribution >= 0.6 is 0 Å². The molecule has 0 heterocycles. The molecule has 0 aliphatic carbocycles.